The Balaban J connectivity index is 1.15. The molecule has 1 unspecified atom stereocenters. The van der Waals surface area contributed by atoms with Gasteiger partial charge in [-0.1, -0.05) is 109 Å². The van der Waals surface area contributed by atoms with E-state index in [1.54, 1.807) is 11.8 Å². The summed E-state index contributed by atoms with van der Waals surface area (Å²) in [5.74, 6) is -0.420. The minimum atomic E-state index is -0.598. The van der Waals surface area contributed by atoms with Gasteiger partial charge in [-0.25, -0.2) is 9.59 Å². The van der Waals surface area contributed by atoms with Gasteiger partial charge >= 0.3 is 12.0 Å². The van der Waals surface area contributed by atoms with Crippen LogP contribution in [0, 0.1) is 0 Å². The number of ether oxygens (including phenoxy) is 2. The zero-order chi connectivity index (χ0) is 30.5. The van der Waals surface area contributed by atoms with Crippen molar-refractivity contribution in [3.8, 4) is 22.3 Å². The number of allylic oxidation sites excluding steroid dienone is 1. The summed E-state index contributed by atoms with van der Waals surface area (Å²) in [5, 5.41) is 3.08. The molecule has 2 amide bonds. The molecule has 2 aliphatic rings. The maximum atomic E-state index is 13.5. The maximum Gasteiger partial charge on any atom is 0.338 e. The number of benzene rings is 4. The van der Waals surface area contributed by atoms with E-state index in [1.165, 1.54) is 16.7 Å². The van der Waals surface area contributed by atoms with E-state index >= 15 is 0 Å². The average molecular weight is 587 g/mol. The Morgan fingerprint density at radius 2 is 1.34 bits per heavy atom. The molecule has 1 fully saturated rings. The fourth-order valence-corrected chi connectivity index (χ4v) is 6.22. The monoisotopic (exact) mass is 586 g/mol. The maximum absolute atomic E-state index is 13.5. The Labute approximate surface area is 259 Å². The van der Waals surface area contributed by atoms with Gasteiger partial charge < -0.3 is 14.8 Å². The largest absolute Gasteiger partial charge is 0.463 e. The number of nitrogens with zero attached hydrogens (tertiary/aromatic N) is 1. The molecule has 0 bridgehead atoms. The number of esters is 1. The predicted molar refractivity (Wildman–Crippen MR) is 173 cm³/mol. The molecule has 2 heterocycles. The second-order valence-corrected chi connectivity index (χ2v) is 11.4. The van der Waals surface area contributed by atoms with Crippen LogP contribution < -0.4 is 5.32 Å². The second-order valence-electron chi connectivity index (χ2n) is 11.4. The van der Waals surface area contributed by atoms with E-state index in [4.69, 9.17) is 9.47 Å². The summed E-state index contributed by atoms with van der Waals surface area (Å²) in [4.78, 5) is 28.4. The first-order valence-corrected chi connectivity index (χ1v) is 15.4. The van der Waals surface area contributed by atoms with E-state index in [9.17, 15) is 9.59 Å². The first-order chi connectivity index (χ1) is 21.5. The van der Waals surface area contributed by atoms with Crippen molar-refractivity contribution < 1.29 is 19.1 Å². The number of hydrogen-bond acceptors (Lipinski definition) is 4. The number of hydrogen-bond donors (Lipinski definition) is 1. The molecule has 4 aromatic carbocycles. The number of carbonyl (C=O) groups is 2. The third-order valence-electron chi connectivity index (χ3n) is 8.55. The van der Waals surface area contributed by atoms with E-state index in [2.05, 4.69) is 53.8 Å². The first kappa shape index (κ1) is 29.4. The molecule has 0 aliphatic carbocycles. The third kappa shape index (κ3) is 6.46. The zero-order valence-electron chi connectivity index (χ0n) is 25.2. The van der Waals surface area contributed by atoms with Crippen LogP contribution >= 0.6 is 0 Å². The highest BCUT2D eigenvalue weighted by atomic mass is 16.5. The smallest absolute Gasteiger partial charge is 0.338 e. The molecule has 0 aromatic heterocycles. The summed E-state index contributed by atoms with van der Waals surface area (Å²) in [6.45, 7) is 4.25. The van der Waals surface area contributed by atoms with Gasteiger partial charge in [-0.15, -0.1) is 0 Å². The lowest BCUT2D eigenvalue weighted by atomic mass is 9.93. The average Bonchev–Trinajstić information content (AvgIpc) is 3.50. The van der Waals surface area contributed by atoms with Crippen molar-refractivity contribution in [1.29, 1.82) is 0 Å². The number of nitrogens with one attached hydrogen (secondary N) is 1. The van der Waals surface area contributed by atoms with Crippen LogP contribution in [-0.2, 0) is 20.7 Å². The van der Waals surface area contributed by atoms with Crippen LogP contribution in [0.4, 0.5) is 4.79 Å². The number of rotatable bonds is 9. The fourth-order valence-electron chi connectivity index (χ4n) is 6.22. The van der Waals surface area contributed by atoms with Crippen molar-refractivity contribution in [2.75, 3.05) is 13.2 Å². The number of amides is 2. The summed E-state index contributed by atoms with van der Waals surface area (Å²) in [6.07, 6.45) is 2.56. The topological polar surface area (TPSA) is 67.9 Å². The molecular formula is C38H38N2O4. The van der Waals surface area contributed by atoms with E-state index in [-0.39, 0.29) is 24.8 Å². The molecule has 44 heavy (non-hydrogen) atoms. The summed E-state index contributed by atoms with van der Waals surface area (Å²) in [6, 6.07) is 36.2. The van der Waals surface area contributed by atoms with Crippen molar-refractivity contribution in [2.45, 2.75) is 51.4 Å². The highest BCUT2D eigenvalue weighted by molar-refractivity contribution is 5.95. The molecule has 2 aliphatic heterocycles. The predicted octanol–water partition coefficient (Wildman–Crippen LogP) is 7.71. The van der Waals surface area contributed by atoms with Gasteiger partial charge in [0.15, 0.2) is 0 Å². The SMILES string of the molecule is CCOC(=O)C1=C(C)N(C[C@@H]2CC[C@@H](Cc3ccc(-c4ccccc4)cc3)O2)C(=O)NC1c1ccc(-c2ccccc2)cc1. The van der Waals surface area contributed by atoms with Crippen LogP contribution in [0.3, 0.4) is 0 Å². The molecule has 6 heteroatoms. The summed E-state index contributed by atoms with van der Waals surface area (Å²) < 4.78 is 11.9. The molecule has 1 saturated heterocycles. The van der Waals surface area contributed by atoms with Crippen LogP contribution in [0.2, 0.25) is 0 Å². The van der Waals surface area contributed by atoms with Gasteiger partial charge in [0.1, 0.15) is 0 Å². The van der Waals surface area contributed by atoms with Gasteiger partial charge in [0, 0.05) is 5.70 Å². The Hall–Kier alpha value is -4.68. The van der Waals surface area contributed by atoms with Gasteiger partial charge in [-0.3, -0.25) is 4.90 Å². The number of carbonyl (C=O) groups excluding carboxylic acids is 2. The minimum absolute atomic E-state index is 0.0834. The third-order valence-corrected chi connectivity index (χ3v) is 8.55. The van der Waals surface area contributed by atoms with Crippen molar-refractivity contribution in [2.24, 2.45) is 0 Å². The standard InChI is InChI=1S/C38H38N2O4/c1-3-43-37(41)35-26(2)40(38(42)39-36(35)32-20-18-31(19-21-32)29-12-8-5-9-13-29)25-34-23-22-33(44-34)24-27-14-16-30(17-15-27)28-10-6-4-7-11-28/h4-21,33-34,36H,3,22-25H2,1-2H3,(H,39,42)/t33-,34-,36?/m0/s1. The second kappa shape index (κ2) is 13.3. The zero-order valence-corrected chi connectivity index (χ0v) is 25.2. The normalized spacial score (nSPS) is 20.0. The Bertz CT molecular complexity index is 1620. The summed E-state index contributed by atoms with van der Waals surface area (Å²) >= 11 is 0. The summed E-state index contributed by atoms with van der Waals surface area (Å²) in [7, 11) is 0. The molecular weight excluding hydrogens is 548 g/mol. The number of urea groups is 1. The fraction of sp³-hybridized carbons (Fsp3) is 0.263. The van der Waals surface area contributed by atoms with Crippen LogP contribution in [0.5, 0.6) is 0 Å². The lowest BCUT2D eigenvalue weighted by Gasteiger charge is -2.36. The molecule has 6 nitrogen and oxygen atoms in total. The van der Waals surface area contributed by atoms with Gasteiger partial charge in [0.2, 0.25) is 0 Å². The van der Waals surface area contributed by atoms with E-state index in [1.807, 2.05) is 67.6 Å². The van der Waals surface area contributed by atoms with Gasteiger partial charge in [0.05, 0.1) is 37.0 Å². The molecule has 6 rings (SSSR count). The van der Waals surface area contributed by atoms with Gasteiger partial charge in [-0.05, 0) is 66.5 Å². The Morgan fingerprint density at radius 3 is 1.93 bits per heavy atom. The molecule has 0 spiro atoms. The highest BCUT2D eigenvalue weighted by Crippen LogP contribution is 2.34. The summed E-state index contributed by atoms with van der Waals surface area (Å²) in [5.41, 5.74) is 7.68. The minimum Gasteiger partial charge on any atom is -0.463 e. The van der Waals surface area contributed by atoms with Gasteiger partial charge in [-0.2, -0.15) is 0 Å². The van der Waals surface area contributed by atoms with Crippen LogP contribution in [0.15, 0.2) is 120 Å². The van der Waals surface area contributed by atoms with Crippen molar-refractivity contribution in [1.82, 2.24) is 10.2 Å². The molecule has 3 atom stereocenters. The highest BCUT2D eigenvalue weighted by Gasteiger charge is 2.38. The van der Waals surface area contributed by atoms with Crippen molar-refractivity contribution in [3.63, 3.8) is 0 Å². The molecule has 1 N–H and O–H groups in total. The van der Waals surface area contributed by atoms with E-state index < -0.39 is 12.0 Å². The quantitative estimate of drug-likeness (QED) is 0.204. The first-order valence-electron chi connectivity index (χ1n) is 15.4. The van der Waals surface area contributed by atoms with Crippen LogP contribution in [0.25, 0.3) is 22.3 Å². The Morgan fingerprint density at radius 1 is 0.795 bits per heavy atom. The van der Waals surface area contributed by atoms with Crippen LogP contribution in [-0.4, -0.2) is 42.3 Å². The molecule has 224 valence electrons. The lowest BCUT2D eigenvalue weighted by molar-refractivity contribution is -0.139. The van der Waals surface area contributed by atoms with Crippen molar-refractivity contribution in [3.05, 3.63) is 132 Å². The lowest BCUT2D eigenvalue weighted by Crippen LogP contribution is -2.50. The van der Waals surface area contributed by atoms with Crippen LogP contribution in [0.1, 0.15) is 43.9 Å². The van der Waals surface area contributed by atoms with E-state index in [0.29, 0.717) is 17.8 Å². The van der Waals surface area contributed by atoms with E-state index in [0.717, 1.165) is 36.0 Å². The van der Waals surface area contributed by atoms with Crippen molar-refractivity contribution >= 4 is 12.0 Å². The molecule has 0 saturated carbocycles. The molecule has 0 radical (unpaired) electrons. The Kier molecular flexibility index (Phi) is 8.89. The molecule has 4 aromatic rings. The van der Waals surface area contributed by atoms with Gasteiger partial charge in [0.25, 0.3) is 0 Å².